The smallest absolute Gasteiger partial charge is 0.269 e. The number of benzene rings is 1. The number of non-ortho nitro benzene ring substituents is 1. The van der Waals surface area contributed by atoms with Gasteiger partial charge in [-0.15, -0.1) is 0 Å². The van der Waals surface area contributed by atoms with Crippen molar-refractivity contribution in [1.29, 1.82) is 0 Å². The molecule has 1 aliphatic rings. The van der Waals surface area contributed by atoms with Gasteiger partial charge in [-0.3, -0.25) is 24.5 Å². The number of ketones is 1. The number of hydrogen-bond donors (Lipinski definition) is 2. The molecule has 0 saturated heterocycles. The molecule has 0 radical (unpaired) electrons. The molecule has 1 heterocycles. The Balaban J connectivity index is 1.84. The molecule has 0 saturated carbocycles. The maximum Gasteiger partial charge on any atom is 0.269 e. The van der Waals surface area contributed by atoms with Gasteiger partial charge in [0.15, 0.2) is 5.78 Å². The van der Waals surface area contributed by atoms with Crippen molar-refractivity contribution in [3.63, 3.8) is 0 Å². The number of aromatic amines is 1. The summed E-state index contributed by atoms with van der Waals surface area (Å²) in [5.41, 5.74) is 0.0300. The fourth-order valence-electron chi connectivity index (χ4n) is 3.28. The zero-order valence-corrected chi connectivity index (χ0v) is 16.1. The minimum Gasteiger partial charge on any atom is -0.348 e. The molecule has 0 aliphatic heterocycles. The van der Waals surface area contributed by atoms with Crippen molar-refractivity contribution in [2.24, 2.45) is 5.41 Å². The van der Waals surface area contributed by atoms with Gasteiger partial charge >= 0.3 is 0 Å². The third-order valence-electron chi connectivity index (χ3n) is 4.64. The van der Waals surface area contributed by atoms with Crippen LogP contribution in [0.1, 0.15) is 52.2 Å². The first kappa shape index (κ1) is 19.8. The van der Waals surface area contributed by atoms with Gasteiger partial charge in [0.2, 0.25) is 0 Å². The molecular formula is C19H18ClN3O5. The number of nitro groups is 1. The number of carbonyl (C=O) groups excluding carboxylic acids is 2. The standard InChI is InChI=1S/C19H18ClN3O5/c1-19(2)7-15-12(16(24)8-19)6-13(18(26)22-15)17(25)21-9-10-5-11(23(27)28)3-4-14(10)20/h3-6H,7-9H2,1-2H3,(H,21,25)(H,22,26). The largest absolute Gasteiger partial charge is 0.348 e. The molecule has 146 valence electrons. The number of fused-ring (bicyclic) bond motifs is 1. The number of carbonyl (C=O) groups is 2. The highest BCUT2D eigenvalue weighted by Crippen LogP contribution is 2.33. The van der Waals surface area contributed by atoms with Crippen molar-refractivity contribution in [3.05, 3.63) is 72.1 Å². The van der Waals surface area contributed by atoms with E-state index < -0.39 is 16.4 Å². The first-order valence-corrected chi connectivity index (χ1v) is 8.95. The first-order chi connectivity index (χ1) is 13.1. The maximum atomic E-state index is 12.5. The monoisotopic (exact) mass is 403 g/mol. The number of nitrogens with one attached hydrogen (secondary N) is 2. The van der Waals surface area contributed by atoms with E-state index in [1.54, 1.807) is 0 Å². The molecule has 0 fully saturated rings. The van der Waals surface area contributed by atoms with Crippen molar-refractivity contribution in [2.75, 3.05) is 0 Å². The Labute approximate surface area is 165 Å². The Morgan fingerprint density at radius 2 is 2.00 bits per heavy atom. The van der Waals surface area contributed by atoms with Gasteiger partial charge in [0, 0.05) is 41.4 Å². The van der Waals surface area contributed by atoms with E-state index in [9.17, 15) is 24.5 Å². The Hall–Kier alpha value is -3.00. The first-order valence-electron chi connectivity index (χ1n) is 8.58. The summed E-state index contributed by atoms with van der Waals surface area (Å²) in [4.78, 5) is 50.1. The number of halogens is 1. The second kappa shape index (κ2) is 7.20. The summed E-state index contributed by atoms with van der Waals surface area (Å²) in [6, 6.07) is 5.20. The number of H-pyrrole nitrogens is 1. The van der Waals surface area contributed by atoms with E-state index >= 15 is 0 Å². The molecule has 1 amide bonds. The summed E-state index contributed by atoms with van der Waals surface area (Å²) in [5, 5.41) is 13.7. The fourth-order valence-corrected chi connectivity index (χ4v) is 3.46. The molecule has 28 heavy (non-hydrogen) atoms. The van der Waals surface area contributed by atoms with E-state index in [4.69, 9.17) is 11.6 Å². The highest BCUT2D eigenvalue weighted by Gasteiger charge is 2.32. The Bertz CT molecular complexity index is 1060. The van der Waals surface area contributed by atoms with Crippen molar-refractivity contribution >= 4 is 29.0 Å². The average Bonchev–Trinajstić information content (AvgIpc) is 2.59. The molecule has 8 nitrogen and oxygen atoms in total. The van der Waals surface area contributed by atoms with E-state index in [-0.39, 0.29) is 34.0 Å². The van der Waals surface area contributed by atoms with Crippen LogP contribution in [0.3, 0.4) is 0 Å². The molecule has 3 rings (SSSR count). The Kier molecular flexibility index (Phi) is 5.08. The van der Waals surface area contributed by atoms with Crippen LogP contribution >= 0.6 is 11.6 Å². The fraction of sp³-hybridized carbons (Fsp3) is 0.316. The highest BCUT2D eigenvalue weighted by atomic mass is 35.5. The van der Waals surface area contributed by atoms with E-state index in [0.29, 0.717) is 29.7 Å². The summed E-state index contributed by atoms with van der Waals surface area (Å²) >= 11 is 6.02. The van der Waals surface area contributed by atoms with E-state index in [1.807, 2.05) is 13.8 Å². The molecule has 0 atom stereocenters. The minimum atomic E-state index is -0.691. The minimum absolute atomic E-state index is 0.100. The predicted molar refractivity (Wildman–Crippen MR) is 103 cm³/mol. The molecule has 0 bridgehead atoms. The molecule has 1 aromatic carbocycles. The maximum absolute atomic E-state index is 12.5. The van der Waals surface area contributed by atoms with Gasteiger partial charge < -0.3 is 10.3 Å². The number of nitrogens with zero attached hydrogens (tertiary/aromatic N) is 1. The number of pyridine rings is 1. The summed E-state index contributed by atoms with van der Waals surface area (Å²) in [5.74, 6) is -0.817. The molecule has 2 N–H and O–H groups in total. The molecule has 0 spiro atoms. The second-order valence-corrected chi connectivity index (χ2v) is 7.97. The lowest BCUT2D eigenvalue weighted by Gasteiger charge is -2.29. The number of Topliss-reactive ketones (excluding diaryl/α,β-unsaturated/α-hetero) is 1. The van der Waals surface area contributed by atoms with Crippen LogP contribution < -0.4 is 10.9 Å². The average molecular weight is 404 g/mol. The van der Waals surface area contributed by atoms with E-state index in [1.165, 1.54) is 24.3 Å². The van der Waals surface area contributed by atoms with E-state index in [2.05, 4.69) is 10.3 Å². The third-order valence-corrected chi connectivity index (χ3v) is 5.01. The van der Waals surface area contributed by atoms with Gasteiger partial charge in [0.25, 0.3) is 17.2 Å². The lowest BCUT2D eigenvalue weighted by Crippen LogP contribution is -2.34. The van der Waals surface area contributed by atoms with Crippen LogP contribution in [0.15, 0.2) is 29.1 Å². The van der Waals surface area contributed by atoms with Crippen LogP contribution in [0, 0.1) is 15.5 Å². The summed E-state index contributed by atoms with van der Waals surface area (Å²) in [6.07, 6.45) is 0.866. The molecule has 0 unspecified atom stereocenters. The van der Waals surface area contributed by atoms with Gasteiger partial charge in [-0.2, -0.15) is 0 Å². The predicted octanol–water partition coefficient (Wildman–Crippen LogP) is 3.02. The van der Waals surface area contributed by atoms with Gasteiger partial charge in [-0.1, -0.05) is 25.4 Å². The molecule has 1 aliphatic carbocycles. The van der Waals surface area contributed by atoms with Crippen molar-refractivity contribution in [1.82, 2.24) is 10.3 Å². The highest BCUT2D eigenvalue weighted by molar-refractivity contribution is 6.31. The van der Waals surface area contributed by atoms with E-state index in [0.717, 1.165) is 0 Å². The summed E-state index contributed by atoms with van der Waals surface area (Å²) in [6.45, 7) is 3.78. The van der Waals surface area contributed by atoms with Gasteiger partial charge in [0.05, 0.1) is 4.92 Å². The summed E-state index contributed by atoms with van der Waals surface area (Å²) in [7, 11) is 0. The topological polar surface area (TPSA) is 122 Å². The summed E-state index contributed by atoms with van der Waals surface area (Å²) < 4.78 is 0. The Morgan fingerprint density at radius 1 is 1.29 bits per heavy atom. The van der Waals surface area contributed by atoms with Gasteiger partial charge in [-0.05, 0) is 29.5 Å². The molecular weight excluding hydrogens is 386 g/mol. The van der Waals surface area contributed by atoms with Crippen LogP contribution in [0.4, 0.5) is 5.69 Å². The Morgan fingerprint density at radius 3 is 2.68 bits per heavy atom. The van der Waals surface area contributed by atoms with Crippen LogP contribution in [-0.4, -0.2) is 21.6 Å². The van der Waals surface area contributed by atoms with Crippen LogP contribution in [-0.2, 0) is 13.0 Å². The van der Waals surface area contributed by atoms with Crippen molar-refractivity contribution in [3.8, 4) is 0 Å². The SMILES string of the molecule is CC1(C)CC(=O)c2cc(C(=O)NCc3cc([N+](=O)[O-])ccc3Cl)c(=O)[nH]c2C1. The number of amides is 1. The van der Waals surface area contributed by atoms with Crippen molar-refractivity contribution < 1.29 is 14.5 Å². The second-order valence-electron chi connectivity index (χ2n) is 7.56. The van der Waals surface area contributed by atoms with Crippen LogP contribution in [0.25, 0.3) is 0 Å². The van der Waals surface area contributed by atoms with Crippen LogP contribution in [0.2, 0.25) is 5.02 Å². The van der Waals surface area contributed by atoms with Crippen molar-refractivity contribution in [2.45, 2.75) is 33.2 Å². The molecule has 2 aromatic rings. The zero-order valence-electron chi connectivity index (χ0n) is 15.3. The van der Waals surface area contributed by atoms with Gasteiger partial charge in [-0.25, -0.2) is 0 Å². The zero-order chi connectivity index (χ0) is 20.6. The van der Waals surface area contributed by atoms with Crippen LogP contribution in [0.5, 0.6) is 0 Å². The quantitative estimate of drug-likeness (QED) is 0.600. The third kappa shape index (κ3) is 3.96. The lowest BCUT2D eigenvalue weighted by molar-refractivity contribution is -0.384. The number of aromatic nitrogens is 1. The number of hydrogen-bond acceptors (Lipinski definition) is 5. The number of nitro benzene ring substituents is 1. The molecule has 9 heteroatoms. The lowest BCUT2D eigenvalue weighted by atomic mass is 9.75. The number of rotatable bonds is 4. The normalized spacial score (nSPS) is 15.0. The molecule has 1 aromatic heterocycles. The van der Waals surface area contributed by atoms with Gasteiger partial charge in [0.1, 0.15) is 5.56 Å².